The van der Waals surface area contributed by atoms with Gasteiger partial charge in [0.2, 0.25) is 11.8 Å². The van der Waals surface area contributed by atoms with Crippen molar-refractivity contribution in [3.63, 3.8) is 0 Å². The van der Waals surface area contributed by atoms with E-state index in [1.165, 1.54) is 0 Å². The van der Waals surface area contributed by atoms with Gasteiger partial charge in [-0.25, -0.2) is 0 Å². The molecule has 0 aromatic heterocycles. The lowest BCUT2D eigenvalue weighted by atomic mass is 10.1. The summed E-state index contributed by atoms with van der Waals surface area (Å²) >= 11 is 0. The van der Waals surface area contributed by atoms with Crippen LogP contribution in [0.5, 0.6) is 0 Å². The Kier molecular flexibility index (Phi) is 7.14. The number of carbonyl (C=O) groups is 2. The topological polar surface area (TPSA) is 93.5 Å². The Labute approximate surface area is 129 Å². The molecule has 0 radical (unpaired) electrons. The van der Waals surface area contributed by atoms with Gasteiger partial charge in [0.15, 0.2) is 0 Å². The maximum Gasteiger partial charge on any atom is 0.248 e. The van der Waals surface area contributed by atoms with Gasteiger partial charge in [-0.15, -0.1) is 12.4 Å². The number of primary amides is 1. The molecule has 0 spiro atoms. The SMILES string of the molecule is Cl.NC(=O)c1cccc(CNC(=O)CC2CNCCO2)c1. The maximum absolute atomic E-state index is 11.8. The molecule has 1 heterocycles. The zero-order valence-corrected chi connectivity index (χ0v) is 12.4. The van der Waals surface area contributed by atoms with Crippen molar-refractivity contribution in [1.29, 1.82) is 0 Å². The van der Waals surface area contributed by atoms with E-state index >= 15 is 0 Å². The predicted octanol–water partition coefficient (Wildman–Crippen LogP) is 0.202. The zero-order valence-electron chi connectivity index (χ0n) is 11.6. The highest BCUT2D eigenvalue weighted by atomic mass is 35.5. The summed E-state index contributed by atoms with van der Waals surface area (Å²) in [5.74, 6) is -0.539. The third kappa shape index (κ3) is 5.71. The normalized spacial score (nSPS) is 17.6. The number of benzene rings is 1. The van der Waals surface area contributed by atoms with Gasteiger partial charge in [0.1, 0.15) is 0 Å². The van der Waals surface area contributed by atoms with Crippen molar-refractivity contribution in [2.45, 2.75) is 19.1 Å². The predicted molar refractivity (Wildman–Crippen MR) is 81.3 cm³/mol. The van der Waals surface area contributed by atoms with Gasteiger partial charge in [-0.2, -0.15) is 0 Å². The maximum atomic E-state index is 11.8. The Morgan fingerprint density at radius 1 is 1.43 bits per heavy atom. The lowest BCUT2D eigenvalue weighted by Crippen LogP contribution is -2.41. The second kappa shape index (κ2) is 8.61. The first-order valence-corrected chi connectivity index (χ1v) is 6.63. The number of ether oxygens (including phenoxy) is 1. The first-order chi connectivity index (χ1) is 9.65. The minimum Gasteiger partial charge on any atom is -0.375 e. The molecule has 0 saturated carbocycles. The molecule has 116 valence electrons. The van der Waals surface area contributed by atoms with E-state index in [0.717, 1.165) is 12.1 Å². The third-order valence-electron chi connectivity index (χ3n) is 3.12. The van der Waals surface area contributed by atoms with Crippen LogP contribution in [0, 0.1) is 0 Å². The van der Waals surface area contributed by atoms with Gasteiger partial charge in [-0.05, 0) is 17.7 Å². The molecule has 1 fully saturated rings. The summed E-state index contributed by atoms with van der Waals surface area (Å²) in [7, 11) is 0. The van der Waals surface area contributed by atoms with Crippen LogP contribution in [0.1, 0.15) is 22.3 Å². The van der Waals surface area contributed by atoms with E-state index in [2.05, 4.69) is 10.6 Å². The van der Waals surface area contributed by atoms with Crippen molar-refractivity contribution < 1.29 is 14.3 Å². The Hall–Kier alpha value is -1.63. The standard InChI is InChI=1S/C14H19N3O3.ClH/c15-14(19)11-3-1-2-10(6-11)8-17-13(18)7-12-9-16-4-5-20-12;/h1-3,6,12,16H,4-5,7-9H2,(H2,15,19)(H,17,18);1H. The third-order valence-corrected chi connectivity index (χ3v) is 3.12. The van der Waals surface area contributed by atoms with Gasteiger partial charge in [0, 0.05) is 25.2 Å². The summed E-state index contributed by atoms with van der Waals surface area (Å²) in [5.41, 5.74) is 6.50. The summed E-state index contributed by atoms with van der Waals surface area (Å²) in [5, 5.41) is 5.99. The average molecular weight is 314 g/mol. The van der Waals surface area contributed by atoms with Crippen molar-refractivity contribution >= 4 is 24.2 Å². The fourth-order valence-electron chi connectivity index (χ4n) is 2.06. The molecule has 6 nitrogen and oxygen atoms in total. The molecule has 7 heteroatoms. The van der Waals surface area contributed by atoms with Crippen LogP contribution < -0.4 is 16.4 Å². The zero-order chi connectivity index (χ0) is 14.4. The number of nitrogens with two attached hydrogens (primary N) is 1. The van der Waals surface area contributed by atoms with E-state index in [1.54, 1.807) is 18.2 Å². The van der Waals surface area contributed by atoms with E-state index in [9.17, 15) is 9.59 Å². The number of nitrogens with one attached hydrogen (secondary N) is 2. The summed E-state index contributed by atoms with van der Waals surface area (Å²) in [6, 6.07) is 6.91. The number of morpholine rings is 1. The molecular weight excluding hydrogens is 294 g/mol. The van der Waals surface area contributed by atoms with Gasteiger partial charge in [-0.1, -0.05) is 12.1 Å². The lowest BCUT2D eigenvalue weighted by molar-refractivity contribution is -0.124. The molecule has 0 bridgehead atoms. The van der Waals surface area contributed by atoms with Crippen LogP contribution in [0.4, 0.5) is 0 Å². The Morgan fingerprint density at radius 2 is 2.24 bits per heavy atom. The number of carbonyl (C=O) groups excluding carboxylic acids is 2. The Bertz CT molecular complexity index is 490. The second-order valence-corrected chi connectivity index (χ2v) is 4.74. The fourth-order valence-corrected chi connectivity index (χ4v) is 2.06. The van der Waals surface area contributed by atoms with E-state index in [4.69, 9.17) is 10.5 Å². The van der Waals surface area contributed by atoms with Crippen LogP contribution in [0.25, 0.3) is 0 Å². The molecule has 4 N–H and O–H groups in total. The Balaban J connectivity index is 0.00000220. The molecule has 1 saturated heterocycles. The van der Waals surface area contributed by atoms with Gasteiger partial charge in [-0.3, -0.25) is 9.59 Å². The highest BCUT2D eigenvalue weighted by Crippen LogP contribution is 2.05. The summed E-state index contributed by atoms with van der Waals surface area (Å²) in [6.45, 7) is 2.54. The fraction of sp³-hybridized carbons (Fsp3) is 0.429. The first-order valence-electron chi connectivity index (χ1n) is 6.63. The molecule has 1 aliphatic rings. The number of rotatable bonds is 5. The number of halogens is 1. The van der Waals surface area contributed by atoms with Crippen molar-refractivity contribution in [3.8, 4) is 0 Å². The molecule has 21 heavy (non-hydrogen) atoms. The smallest absolute Gasteiger partial charge is 0.248 e. The highest BCUT2D eigenvalue weighted by Gasteiger charge is 2.17. The van der Waals surface area contributed by atoms with Crippen LogP contribution in [0.3, 0.4) is 0 Å². The van der Waals surface area contributed by atoms with Crippen molar-refractivity contribution in [2.24, 2.45) is 5.73 Å². The van der Waals surface area contributed by atoms with Crippen LogP contribution in [0.2, 0.25) is 0 Å². The summed E-state index contributed by atoms with van der Waals surface area (Å²) in [6.07, 6.45) is 0.267. The van der Waals surface area contributed by atoms with Crippen LogP contribution in [0.15, 0.2) is 24.3 Å². The van der Waals surface area contributed by atoms with E-state index < -0.39 is 5.91 Å². The molecule has 2 amide bonds. The number of amides is 2. The lowest BCUT2D eigenvalue weighted by Gasteiger charge is -2.23. The minimum absolute atomic E-state index is 0. The monoisotopic (exact) mass is 313 g/mol. The van der Waals surface area contributed by atoms with Crippen molar-refractivity contribution in [2.75, 3.05) is 19.7 Å². The van der Waals surface area contributed by atoms with Gasteiger partial charge in [0.05, 0.1) is 19.1 Å². The largest absolute Gasteiger partial charge is 0.375 e. The Morgan fingerprint density at radius 3 is 2.90 bits per heavy atom. The van der Waals surface area contributed by atoms with Crippen molar-refractivity contribution in [1.82, 2.24) is 10.6 Å². The highest BCUT2D eigenvalue weighted by molar-refractivity contribution is 5.92. The second-order valence-electron chi connectivity index (χ2n) is 4.74. The minimum atomic E-state index is -0.472. The first kappa shape index (κ1) is 17.4. The molecule has 1 unspecified atom stereocenters. The van der Waals surface area contributed by atoms with E-state index in [0.29, 0.717) is 31.7 Å². The quantitative estimate of drug-likeness (QED) is 0.724. The van der Waals surface area contributed by atoms with Gasteiger partial charge < -0.3 is 21.1 Å². The molecule has 1 aromatic rings. The van der Waals surface area contributed by atoms with E-state index in [-0.39, 0.29) is 24.4 Å². The van der Waals surface area contributed by atoms with Crippen LogP contribution >= 0.6 is 12.4 Å². The molecular formula is C14H20ClN3O3. The van der Waals surface area contributed by atoms with Gasteiger partial charge >= 0.3 is 0 Å². The molecule has 2 rings (SSSR count). The number of hydrogen-bond acceptors (Lipinski definition) is 4. The average Bonchev–Trinajstić information content (AvgIpc) is 2.46. The number of hydrogen-bond donors (Lipinski definition) is 3. The van der Waals surface area contributed by atoms with Crippen LogP contribution in [-0.2, 0) is 16.1 Å². The molecule has 0 aliphatic carbocycles. The molecule has 1 atom stereocenters. The summed E-state index contributed by atoms with van der Waals surface area (Å²) in [4.78, 5) is 22.9. The van der Waals surface area contributed by atoms with Crippen LogP contribution in [-0.4, -0.2) is 37.6 Å². The van der Waals surface area contributed by atoms with Gasteiger partial charge in [0.25, 0.3) is 0 Å². The van der Waals surface area contributed by atoms with E-state index in [1.807, 2.05) is 6.07 Å². The molecule has 1 aromatic carbocycles. The van der Waals surface area contributed by atoms with Crippen molar-refractivity contribution in [3.05, 3.63) is 35.4 Å². The molecule has 1 aliphatic heterocycles. The summed E-state index contributed by atoms with van der Waals surface area (Å²) < 4.78 is 5.47.